The van der Waals surface area contributed by atoms with E-state index in [2.05, 4.69) is 15.5 Å². The van der Waals surface area contributed by atoms with Gasteiger partial charge in [-0.15, -0.1) is 0 Å². The first-order chi connectivity index (χ1) is 10.2. The van der Waals surface area contributed by atoms with Gasteiger partial charge in [0, 0.05) is 18.3 Å². The number of carboxylic acid groups (broad SMARTS) is 1. The number of carbonyl (C=O) groups excluding carboxylic acids is 1. The quantitative estimate of drug-likeness (QED) is 0.830. The van der Waals surface area contributed by atoms with E-state index in [1.54, 1.807) is 0 Å². The normalized spacial score (nSPS) is 16.9. The van der Waals surface area contributed by atoms with Crippen molar-refractivity contribution in [2.24, 2.45) is 0 Å². The lowest BCUT2D eigenvalue weighted by molar-refractivity contribution is -0.151. The zero-order valence-electron chi connectivity index (χ0n) is 13.3. The van der Waals surface area contributed by atoms with E-state index in [4.69, 9.17) is 9.63 Å². The van der Waals surface area contributed by atoms with Crippen LogP contribution < -0.4 is 5.32 Å². The van der Waals surface area contributed by atoms with E-state index in [-0.39, 0.29) is 17.7 Å². The van der Waals surface area contributed by atoms with Crippen LogP contribution in [0.4, 0.5) is 0 Å². The Bertz CT molecular complexity index is 555. The largest absolute Gasteiger partial charge is 0.480 e. The molecule has 1 heterocycles. The van der Waals surface area contributed by atoms with E-state index in [0.29, 0.717) is 37.4 Å². The molecule has 1 aliphatic rings. The lowest BCUT2D eigenvalue weighted by Crippen LogP contribution is -2.59. The molecule has 2 N–H and O–H groups in total. The molecular formula is C15H23N3O4. The predicted octanol–water partition coefficient (Wildman–Crippen LogP) is 1.81. The van der Waals surface area contributed by atoms with Crippen LogP contribution in [0.5, 0.6) is 0 Å². The summed E-state index contributed by atoms with van der Waals surface area (Å²) in [6, 6.07) is 0. The van der Waals surface area contributed by atoms with E-state index < -0.39 is 11.5 Å². The van der Waals surface area contributed by atoms with Crippen LogP contribution in [-0.4, -0.2) is 32.7 Å². The lowest BCUT2D eigenvalue weighted by Gasteiger charge is -2.38. The van der Waals surface area contributed by atoms with Crippen molar-refractivity contribution in [2.45, 2.75) is 70.3 Å². The molecule has 0 aliphatic heterocycles. The van der Waals surface area contributed by atoms with Crippen LogP contribution in [0, 0.1) is 0 Å². The van der Waals surface area contributed by atoms with Gasteiger partial charge in [-0.1, -0.05) is 25.9 Å². The fourth-order valence-corrected chi connectivity index (χ4v) is 2.31. The van der Waals surface area contributed by atoms with Crippen LogP contribution >= 0.6 is 0 Å². The van der Waals surface area contributed by atoms with Crippen LogP contribution in [0.1, 0.15) is 64.6 Å². The van der Waals surface area contributed by atoms with Crippen LogP contribution in [0.3, 0.4) is 0 Å². The maximum absolute atomic E-state index is 11.9. The Balaban J connectivity index is 1.78. The van der Waals surface area contributed by atoms with Gasteiger partial charge in [0.1, 0.15) is 5.54 Å². The highest BCUT2D eigenvalue weighted by Crippen LogP contribution is 2.32. The molecule has 1 fully saturated rings. The molecule has 7 nitrogen and oxygen atoms in total. The first kappa shape index (κ1) is 16.5. The van der Waals surface area contributed by atoms with Gasteiger partial charge in [0.15, 0.2) is 5.82 Å². The van der Waals surface area contributed by atoms with E-state index >= 15 is 0 Å². The van der Waals surface area contributed by atoms with Gasteiger partial charge in [0.25, 0.3) is 0 Å². The third-order valence-corrected chi connectivity index (χ3v) is 3.93. The summed E-state index contributed by atoms with van der Waals surface area (Å²) in [4.78, 5) is 27.4. The number of aryl methyl sites for hydroxylation is 1. The molecular weight excluding hydrogens is 286 g/mol. The highest BCUT2D eigenvalue weighted by molar-refractivity contribution is 5.87. The van der Waals surface area contributed by atoms with Crippen LogP contribution in [0.25, 0.3) is 0 Å². The lowest BCUT2D eigenvalue weighted by atomic mass is 9.76. The predicted molar refractivity (Wildman–Crippen MR) is 78.3 cm³/mol. The molecule has 0 bridgehead atoms. The second-order valence-corrected chi connectivity index (χ2v) is 6.90. The first-order valence-electron chi connectivity index (χ1n) is 7.60. The Hall–Kier alpha value is -1.92. The molecule has 0 aromatic carbocycles. The molecule has 7 heteroatoms. The number of hydrogen-bond donors (Lipinski definition) is 2. The summed E-state index contributed by atoms with van der Waals surface area (Å²) >= 11 is 0. The van der Waals surface area contributed by atoms with E-state index in [9.17, 15) is 9.59 Å². The summed E-state index contributed by atoms with van der Waals surface area (Å²) < 4.78 is 5.16. The van der Waals surface area contributed by atoms with Crippen molar-refractivity contribution >= 4 is 11.9 Å². The summed E-state index contributed by atoms with van der Waals surface area (Å²) in [5.74, 6) is -0.0305. The molecule has 22 heavy (non-hydrogen) atoms. The second-order valence-electron chi connectivity index (χ2n) is 6.90. The molecule has 1 aliphatic carbocycles. The summed E-state index contributed by atoms with van der Waals surface area (Å²) in [5.41, 5.74) is -1.21. The average molecular weight is 309 g/mol. The molecule has 2 rings (SSSR count). The monoisotopic (exact) mass is 309 g/mol. The third-order valence-electron chi connectivity index (χ3n) is 3.93. The van der Waals surface area contributed by atoms with Crippen molar-refractivity contribution in [3.05, 3.63) is 11.7 Å². The molecule has 0 unspecified atom stereocenters. The van der Waals surface area contributed by atoms with Gasteiger partial charge in [-0.3, -0.25) is 4.79 Å². The molecule has 1 aromatic heterocycles. The number of amides is 1. The number of aliphatic carboxylic acids is 1. The number of rotatable bonds is 6. The standard InChI is InChI=1S/C15H23N3O4/c1-14(2,3)12-16-11(22-18-12)7-4-6-10(19)17-15(13(20)21)8-5-9-15/h4-9H2,1-3H3,(H,17,19)(H,20,21). The molecule has 1 amide bonds. The van der Waals surface area contributed by atoms with Crippen LogP contribution in [0.2, 0.25) is 0 Å². The van der Waals surface area contributed by atoms with Crippen molar-refractivity contribution in [1.29, 1.82) is 0 Å². The smallest absolute Gasteiger partial charge is 0.329 e. The van der Waals surface area contributed by atoms with Crippen molar-refractivity contribution in [3.8, 4) is 0 Å². The van der Waals surface area contributed by atoms with Gasteiger partial charge >= 0.3 is 5.97 Å². The summed E-state index contributed by atoms with van der Waals surface area (Å²) in [7, 11) is 0. The second kappa shape index (κ2) is 6.06. The Morgan fingerprint density at radius 3 is 2.50 bits per heavy atom. The van der Waals surface area contributed by atoms with Gasteiger partial charge in [0.2, 0.25) is 11.8 Å². The molecule has 0 saturated heterocycles. The Morgan fingerprint density at radius 1 is 1.36 bits per heavy atom. The minimum Gasteiger partial charge on any atom is -0.480 e. The van der Waals surface area contributed by atoms with Crippen molar-refractivity contribution < 1.29 is 19.2 Å². The summed E-state index contributed by atoms with van der Waals surface area (Å²) in [5, 5.41) is 15.7. The molecule has 1 aromatic rings. The van der Waals surface area contributed by atoms with Gasteiger partial charge in [-0.05, 0) is 25.7 Å². The Kier molecular flexibility index (Phi) is 4.53. The van der Waals surface area contributed by atoms with E-state index in [1.165, 1.54) is 0 Å². The highest BCUT2D eigenvalue weighted by Gasteiger charge is 2.45. The van der Waals surface area contributed by atoms with Gasteiger partial charge < -0.3 is 14.9 Å². The average Bonchev–Trinajstić information content (AvgIpc) is 2.82. The fraction of sp³-hybridized carbons (Fsp3) is 0.733. The maximum Gasteiger partial charge on any atom is 0.329 e. The van der Waals surface area contributed by atoms with Gasteiger partial charge in [-0.25, -0.2) is 4.79 Å². The van der Waals surface area contributed by atoms with E-state index in [0.717, 1.165) is 6.42 Å². The van der Waals surface area contributed by atoms with Gasteiger partial charge in [-0.2, -0.15) is 4.98 Å². The number of nitrogens with zero attached hydrogens (tertiary/aromatic N) is 2. The summed E-state index contributed by atoms with van der Waals surface area (Å²) in [6.45, 7) is 6.00. The minimum absolute atomic E-state index is 0.169. The van der Waals surface area contributed by atoms with Crippen LogP contribution in [0.15, 0.2) is 4.52 Å². The molecule has 1 saturated carbocycles. The van der Waals surface area contributed by atoms with E-state index in [1.807, 2.05) is 20.8 Å². The first-order valence-corrected chi connectivity index (χ1v) is 7.60. The Labute approximate surface area is 129 Å². The Morgan fingerprint density at radius 2 is 2.05 bits per heavy atom. The van der Waals surface area contributed by atoms with Gasteiger partial charge in [0.05, 0.1) is 0 Å². The third kappa shape index (κ3) is 3.64. The number of nitrogens with one attached hydrogen (secondary N) is 1. The molecule has 0 atom stereocenters. The molecule has 0 radical (unpaired) electrons. The number of carbonyl (C=O) groups is 2. The number of aromatic nitrogens is 2. The van der Waals surface area contributed by atoms with Crippen molar-refractivity contribution in [2.75, 3.05) is 0 Å². The number of carboxylic acids is 1. The zero-order valence-corrected chi connectivity index (χ0v) is 13.3. The molecule has 122 valence electrons. The minimum atomic E-state index is -1.04. The maximum atomic E-state index is 11.9. The van der Waals surface area contributed by atoms with Crippen molar-refractivity contribution in [3.63, 3.8) is 0 Å². The fourth-order valence-electron chi connectivity index (χ4n) is 2.31. The summed E-state index contributed by atoms with van der Waals surface area (Å²) in [6.07, 6.45) is 3.16. The SMILES string of the molecule is CC(C)(C)c1noc(CCCC(=O)NC2(C(=O)O)CCC2)n1. The topological polar surface area (TPSA) is 105 Å². The highest BCUT2D eigenvalue weighted by atomic mass is 16.5. The van der Waals surface area contributed by atoms with Crippen molar-refractivity contribution in [1.82, 2.24) is 15.5 Å². The van der Waals surface area contributed by atoms with Crippen LogP contribution in [-0.2, 0) is 21.4 Å². The molecule has 0 spiro atoms. The number of hydrogen-bond acceptors (Lipinski definition) is 5. The zero-order chi connectivity index (χ0) is 16.4.